The number of nitro groups is 2. The molecule has 1 spiro atoms. The molecule has 1 aliphatic heterocycles. The van der Waals surface area contributed by atoms with Crippen LogP contribution in [-0.2, 0) is 14.4 Å². The van der Waals surface area contributed by atoms with Crippen LogP contribution >= 0.6 is 0 Å². The number of urea groups is 1. The quantitative estimate of drug-likeness (QED) is 0.122. The molecule has 2 N–H and O–H groups in total. The van der Waals surface area contributed by atoms with Gasteiger partial charge in [-0.2, -0.15) is 0 Å². The number of rotatable bonds is 6. The Balaban J connectivity index is 1.70. The molecule has 232 valence electrons. The van der Waals surface area contributed by atoms with Crippen molar-refractivity contribution in [2.24, 2.45) is 5.41 Å². The van der Waals surface area contributed by atoms with E-state index in [9.17, 15) is 39.4 Å². The molecule has 2 aliphatic rings. The fourth-order valence-electron chi connectivity index (χ4n) is 6.38. The van der Waals surface area contributed by atoms with Gasteiger partial charge in [-0.25, -0.2) is 4.79 Å². The highest BCUT2D eigenvalue weighted by Crippen LogP contribution is 2.59. The molecule has 2 unspecified atom stereocenters. The summed E-state index contributed by atoms with van der Waals surface area (Å²) in [5.74, 6) is -4.86. The lowest BCUT2D eigenvalue weighted by Gasteiger charge is -2.50. The number of nitrogens with zero attached hydrogens (tertiary/aromatic N) is 2. The van der Waals surface area contributed by atoms with Gasteiger partial charge in [0.05, 0.1) is 9.85 Å². The van der Waals surface area contributed by atoms with Gasteiger partial charge in [0.15, 0.2) is 11.2 Å². The average Bonchev–Trinajstić information content (AvgIpc) is 3.06. The van der Waals surface area contributed by atoms with E-state index < -0.39 is 50.7 Å². The highest BCUT2D eigenvalue weighted by atomic mass is 16.6. The van der Waals surface area contributed by atoms with E-state index in [1.54, 1.807) is 60.7 Å². The fraction of sp³-hybridized carbons (Fsp3) is 0.0857. The normalized spacial score (nSPS) is 20.6. The summed E-state index contributed by atoms with van der Waals surface area (Å²) in [6.45, 7) is 0. The summed E-state index contributed by atoms with van der Waals surface area (Å²) in [6.07, 6.45) is 2.96. The van der Waals surface area contributed by atoms with E-state index in [4.69, 9.17) is 0 Å². The summed E-state index contributed by atoms with van der Waals surface area (Å²) in [5, 5.41) is 27.2. The van der Waals surface area contributed by atoms with E-state index >= 15 is 0 Å². The standard InChI is InChI=1S/C35H24N4O8/c40-31-27(19-21-11-15-25(16-12-21)38(44)45)29(23-7-3-1-4-8-23)35(32(41)36-34(43)37-33(35)42)30(24-9-5-2-6-10-24)28(31)20-22-13-17-26(18-14-22)39(46)47/h1-20,29-30H,(H2,36,37,41,42,43)/b27-19+,28-20+. The fourth-order valence-corrected chi connectivity index (χ4v) is 6.38. The Kier molecular flexibility index (Phi) is 7.83. The number of Topliss-reactive ketones (excluding diaryl/α,β-unsaturated/α-hetero) is 1. The predicted molar refractivity (Wildman–Crippen MR) is 170 cm³/mol. The van der Waals surface area contributed by atoms with Gasteiger partial charge in [-0.15, -0.1) is 0 Å². The third-order valence-corrected chi connectivity index (χ3v) is 8.38. The summed E-state index contributed by atoms with van der Waals surface area (Å²) in [5.41, 5.74) is -0.811. The van der Waals surface area contributed by atoms with Gasteiger partial charge in [0, 0.05) is 47.2 Å². The van der Waals surface area contributed by atoms with Crippen molar-refractivity contribution in [3.05, 3.63) is 163 Å². The first kappa shape index (κ1) is 30.5. The van der Waals surface area contributed by atoms with Crippen molar-refractivity contribution in [1.29, 1.82) is 0 Å². The minimum absolute atomic E-state index is 0.0186. The number of benzene rings is 4. The molecule has 1 aliphatic carbocycles. The summed E-state index contributed by atoms with van der Waals surface area (Å²) in [4.78, 5) is 77.7. The van der Waals surface area contributed by atoms with Crippen LogP contribution in [0.15, 0.2) is 120 Å². The second-order valence-corrected chi connectivity index (χ2v) is 11.0. The molecule has 0 radical (unpaired) electrons. The molecule has 2 fully saturated rings. The number of imide groups is 2. The molecule has 1 saturated heterocycles. The van der Waals surface area contributed by atoms with Crippen molar-refractivity contribution in [2.45, 2.75) is 11.8 Å². The largest absolute Gasteiger partial charge is 0.328 e. The van der Waals surface area contributed by atoms with Crippen molar-refractivity contribution in [2.75, 3.05) is 0 Å². The number of amides is 4. The number of nitro benzene ring substituents is 2. The lowest BCUT2D eigenvalue weighted by molar-refractivity contribution is -0.385. The van der Waals surface area contributed by atoms with Gasteiger partial charge in [0.2, 0.25) is 11.8 Å². The number of non-ortho nitro benzene ring substituents is 2. The van der Waals surface area contributed by atoms with Gasteiger partial charge in [0.1, 0.15) is 0 Å². The predicted octanol–water partition coefficient (Wildman–Crippen LogP) is 5.47. The zero-order valence-electron chi connectivity index (χ0n) is 24.4. The van der Waals surface area contributed by atoms with Crippen molar-refractivity contribution in [1.82, 2.24) is 10.6 Å². The highest BCUT2D eigenvalue weighted by Gasteiger charge is 2.66. The zero-order valence-corrected chi connectivity index (χ0v) is 24.4. The molecule has 4 aromatic carbocycles. The van der Waals surface area contributed by atoms with Crippen LogP contribution in [0.5, 0.6) is 0 Å². The van der Waals surface area contributed by atoms with Gasteiger partial charge in [-0.05, 0) is 58.7 Å². The number of hydrogen-bond acceptors (Lipinski definition) is 8. The van der Waals surface area contributed by atoms with Crippen LogP contribution < -0.4 is 10.6 Å². The van der Waals surface area contributed by atoms with Crippen molar-refractivity contribution >= 4 is 47.2 Å². The van der Waals surface area contributed by atoms with E-state index in [1.807, 2.05) is 0 Å². The van der Waals surface area contributed by atoms with Crippen LogP contribution in [-0.4, -0.2) is 33.5 Å². The molecule has 4 aromatic rings. The number of carbonyl (C=O) groups is 4. The zero-order chi connectivity index (χ0) is 33.3. The van der Waals surface area contributed by atoms with E-state index in [-0.39, 0.29) is 22.5 Å². The third kappa shape index (κ3) is 5.37. The molecule has 1 heterocycles. The van der Waals surface area contributed by atoms with E-state index in [2.05, 4.69) is 10.6 Å². The molecule has 1 saturated carbocycles. The van der Waals surface area contributed by atoms with E-state index in [0.29, 0.717) is 22.3 Å². The van der Waals surface area contributed by atoms with Crippen molar-refractivity contribution in [3.8, 4) is 0 Å². The van der Waals surface area contributed by atoms with Crippen LogP contribution in [0, 0.1) is 25.6 Å². The molecule has 0 aromatic heterocycles. The average molecular weight is 629 g/mol. The van der Waals surface area contributed by atoms with Crippen LogP contribution in [0.4, 0.5) is 16.2 Å². The molecule has 12 heteroatoms. The summed E-state index contributed by atoms with van der Waals surface area (Å²) in [6, 6.07) is 26.8. The first-order chi connectivity index (χ1) is 22.6. The number of barbiturate groups is 1. The Morgan fingerprint density at radius 2 is 0.915 bits per heavy atom. The molecule has 2 atom stereocenters. The van der Waals surface area contributed by atoms with Gasteiger partial charge >= 0.3 is 6.03 Å². The maximum atomic E-state index is 14.9. The minimum atomic E-state index is -2.14. The first-order valence-corrected chi connectivity index (χ1v) is 14.3. The van der Waals surface area contributed by atoms with Crippen LogP contribution in [0.25, 0.3) is 12.2 Å². The number of carbonyl (C=O) groups excluding carboxylic acids is 4. The second kappa shape index (κ2) is 12.1. The first-order valence-electron chi connectivity index (χ1n) is 14.3. The lowest BCUT2D eigenvalue weighted by Crippen LogP contribution is -2.68. The summed E-state index contributed by atoms with van der Waals surface area (Å²) >= 11 is 0. The lowest BCUT2D eigenvalue weighted by atomic mass is 9.51. The van der Waals surface area contributed by atoms with E-state index in [1.165, 1.54) is 60.7 Å². The third-order valence-electron chi connectivity index (χ3n) is 8.38. The number of nitrogens with one attached hydrogen (secondary N) is 2. The molecular formula is C35H24N4O8. The van der Waals surface area contributed by atoms with Crippen LogP contribution in [0.2, 0.25) is 0 Å². The minimum Gasteiger partial charge on any atom is -0.289 e. The molecule has 4 amide bonds. The van der Waals surface area contributed by atoms with Crippen LogP contribution in [0.1, 0.15) is 34.1 Å². The smallest absolute Gasteiger partial charge is 0.289 e. The Bertz CT molecular complexity index is 1860. The monoisotopic (exact) mass is 628 g/mol. The maximum absolute atomic E-state index is 14.9. The van der Waals surface area contributed by atoms with Crippen molar-refractivity contribution < 1.29 is 29.0 Å². The van der Waals surface area contributed by atoms with Gasteiger partial charge in [-0.3, -0.25) is 45.2 Å². The van der Waals surface area contributed by atoms with Gasteiger partial charge in [-0.1, -0.05) is 60.7 Å². The van der Waals surface area contributed by atoms with Gasteiger partial charge in [0.25, 0.3) is 11.4 Å². The van der Waals surface area contributed by atoms with E-state index in [0.717, 1.165) is 0 Å². The van der Waals surface area contributed by atoms with Crippen molar-refractivity contribution in [3.63, 3.8) is 0 Å². The second-order valence-electron chi connectivity index (χ2n) is 11.0. The highest BCUT2D eigenvalue weighted by molar-refractivity contribution is 6.27. The number of ketones is 1. The Hall–Kier alpha value is -6.56. The Morgan fingerprint density at radius 1 is 0.553 bits per heavy atom. The van der Waals surface area contributed by atoms with Gasteiger partial charge < -0.3 is 0 Å². The van der Waals surface area contributed by atoms with Crippen LogP contribution in [0.3, 0.4) is 0 Å². The number of allylic oxidation sites excluding steroid dienone is 2. The SMILES string of the molecule is O=C1NC(=O)C2(C(=O)N1)C(c1ccccc1)/C(=C\c1ccc([N+](=O)[O-])cc1)C(=O)/C(=C/c1ccc([N+](=O)[O-])cc1)C2c1ccccc1. The molecular weight excluding hydrogens is 604 g/mol. The summed E-state index contributed by atoms with van der Waals surface area (Å²) in [7, 11) is 0. The summed E-state index contributed by atoms with van der Waals surface area (Å²) < 4.78 is 0. The molecule has 12 nitrogen and oxygen atoms in total. The molecule has 47 heavy (non-hydrogen) atoms. The topological polar surface area (TPSA) is 179 Å². The molecule has 6 rings (SSSR count). The molecule has 0 bridgehead atoms. The maximum Gasteiger partial charge on any atom is 0.328 e. The number of hydrogen-bond donors (Lipinski definition) is 2. The Morgan fingerprint density at radius 3 is 1.26 bits per heavy atom. The Labute approximate surface area is 266 Å².